The number of rotatable bonds is 5. The van der Waals surface area contributed by atoms with Crippen molar-refractivity contribution in [2.75, 3.05) is 38.2 Å². The highest BCUT2D eigenvalue weighted by Crippen LogP contribution is 2.22. The van der Waals surface area contributed by atoms with E-state index in [0.717, 1.165) is 32.0 Å². The lowest BCUT2D eigenvalue weighted by atomic mass is 10.0. The Morgan fingerprint density at radius 1 is 1.19 bits per heavy atom. The highest BCUT2D eigenvalue weighted by Gasteiger charge is 2.30. The molecule has 1 N–H and O–H groups in total. The van der Waals surface area contributed by atoms with Gasteiger partial charge in [0, 0.05) is 38.1 Å². The van der Waals surface area contributed by atoms with Crippen LogP contribution < -0.4 is 4.90 Å². The Morgan fingerprint density at radius 3 is 2.48 bits per heavy atom. The molecular weight excluding hydrogens is 344 g/mol. The maximum absolute atomic E-state index is 13.0. The zero-order valence-electron chi connectivity index (χ0n) is 16.3. The predicted molar refractivity (Wildman–Crippen MR) is 103 cm³/mol. The van der Waals surface area contributed by atoms with Crippen LogP contribution in [0.4, 0.5) is 5.82 Å². The van der Waals surface area contributed by atoms with Crippen LogP contribution in [-0.2, 0) is 4.74 Å². The molecule has 0 aromatic carbocycles. The molecule has 144 valence electrons. The number of nitrogens with one attached hydrogen (secondary N) is 1. The van der Waals surface area contributed by atoms with Crippen LogP contribution in [0.5, 0.6) is 0 Å². The summed E-state index contributed by atoms with van der Waals surface area (Å²) in [5.41, 5.74) is 2.26. The maximum atomic E-state index is 13.0. The number of aromatic nitrogens is 2. The summed E-state index contributed by atoms with van der Waals surface area (Å²) >= 11 is 0. The van der Waals surface area contributed by atoms with Gasteiger partial charge in [-0.3, -0.25) is 9.69 Å². The van der Waals surface area contributed by atoms with Crippen LogP contribution in [-0.4, -0.2) is 66.0 Å². The minimum atomic E-state index is -0.420. The fourth-order valence-corrected chi connectivity index (χ4v) is 3.66. The number of anilines is 1. The number of ether oxygens (including phenoxy) is 1. The summed E-state index contributed by atoms with van der Waals surface area (Å²) in [5.74, 6) is 0.545. The van der Waals surface area contributed by atoms with Crippen LogP contribution in [0.1, 0.15) is 39.0 Å². The first-order valence-corrected chi connectivity index (χ1v) is 9.15. The molecule has 0 amide bonds. The lowest BCUT2D eigenvalue weighted by Gasteiger charge is -2.38. The number of methoxy groups -OCH3 is 1. The summed E-state index contributed by atoms with van der Waals surface area (Å²) in [4.78, 5) is 36.9. The smallest absolute Gasteiger partial charge is 0.339 e. The van der Waals surface area contributed by atoms with Crippen LogP contribution in [0.3, 0.4) is 0 Å². The van der Waals surface area contributed by atoms with Gasteiger partial charge in [-0.1, -0.05) is 6.07 Å². The van der Waals surface area contributed by atoms with E-state index in [0.29, 0.717) is 22.5 Å². The highest BCUT2D eigenvalue weighted by molar-refractivity contribution is 6.03. The average Bonchev–Trinajstić information content (AvgIpc) is 3.01. The summed E-state index contributed by atoms with van der Waals surface area (Å²) in [5, 5.41) is 0. The van der Waals surface area contributed by atoms with Gasteiger partial charge in [0.2, 0.25) is 0 Å². The Hall–Kier alpha value is -2.67. The van der Waals surface area contributed by atoms with Crippen molar-refractivity contribution in [1.82, 2.24) is 14.9 Å². The third-order valence-electron chi connectivity index (χ3n) is 5.29. The van der Waals surface area contributed by atoms with Crippen molar-refractivity contribution in [3.63, 3.8) is 0 Å². The average molecular weight is 370 g/mol. The zero-order valence-corrected chi connectivity index (χ0v) is 16.3. The molecule has 2 aromatic rings. The number of pyridine rings is 1. The van der Waals surface area contributed by atoms with Crippen molar-refractivity contribution in [2.24, 2.45) is 0 Å². The van der Waals surface area contributed by atoms with Gasteiger partial charge < -0.3 is 14.6 Å². The fourth-order valence-electron chi connectivity index (χ4n) is 3.66. The van der Waals surface area contributed by atoms with Gasteiger partial charge in [-0.2, -0.15) is 0 Å². The first-order valence-electron chi connectivity index (χ1n) is 9.15. The molecule has 1 aliphatic heterocycles. The number of hydrogen-bond acceptors (Lipinski definition) is 6. The van der Waals surface area contributed by atoms with Gasteiger partial charge in [0.15, 0.2) is 5.78 Å². The van der Waals surface area contributed by atoms with E-state index in [1.807, 2.05) is 25.1 Å². The van der Waals surface area contributed by atoms with Crippen LogP contribution in [0.15, 0.2) is 24.4 Å². The van der Waals surface area contributed by atoms with Crippen LogP contribution in [0.25, 0.3) is 0 Å². The Bertz CT molecular complexity index is 823. The van der Waals surface area contributed by atoms with E-state index in [9.17, 15) is 9.59 Å². The first-order chi connectivity index (χ1) is 12.9. The molecule has 27 heavy (non-hydrogen) atoms. The Kier molecular flexibility index (Phi) is 5.60. The molecule has 3 rings (SSSR count). The van der Waals surface area contributed by atoms with Gasteiger partial charge in [-0.15, -0.1) is 0 Å². The molecule has 1 saturated heterocycles. The molecule has 1 fully saturated rings. The molecule has 0 saturated carbocycles. The van der Waals surface area contributed by atoms with E-state index >= 15 is 0 Å². The molecular formula is C20H26N4O3. The van der Waals surface area contributed by atoms with E-state index in [1.165, 1.54) is 7.11 Å². The normalized spacial score (nSPS) is 16.2. The first kappa shape index (κ1) is 19.1. The second kappa shape index (κ2) is 7.92. The molecule has 0 bridgehead atoms. The SMILES string of the molecule is COC(=O)c1c(C)[nH]c(C(=O)C(C)N2CCN(c3ccccn3)CC2)c1C. The Labute approximate surface area is 159 Å². The number of piperazine rings is 1. The molecule has 7 heteroatoms. The monoisotopic (exact) mass is 370 g/mol. The van der Waals surface area contributed by atoms with E-state index < -0.39 is 5.97 Å². The Morgan fingerprint density at radius 2 is 1.89 bits per heavy atom. The number of hydrogen-bond donors (Lipinski definition) is 1. The number of esters is 1. The van der Waals surface area contributed by atoms with E-state index in [1.54, 1.807) is 20.0 Å². The number of Topliss-reactive ketones (excluding diaryl/α,β-unsaturated/α-hetero) is 1. The lowest BCUT2D eigenvalue weighted by molar-refractivity contribution is 0.0599. The van der Waals surface area contributed by atoms with Crippen molar-refractivity contribution in [3.8, 4) is 0 Å². The van der Waals surface area contributed by atoms with Gasteiger partial charge in [0.1, 0.15) is 5.82 Å². The van der Waals surface area contributed by atoms with Crippen molar-refractivity contribution in [2.45, 2.75) is 26.8 Å². The van der Waals surface area contributed by atoms with Crippen molar-refractivity contribution < 1.29 is 14.3 Å². The molecule has 7 nitrogen and oxygen atoms in total. The van der Waals surface area contributed by atoms with E-state index in [4.69, 9.17) is 4.74 Å². The van der Waals surface area contributed by atoms with Crippen LogP contribution >= 0.6 is 0 Å². The third-order valence-corrected chi connectivity index (χ3v) is 5.29. The van der Waals surface area contributed by atoms with Crippen molar-refractivity contribution >= 4 is 17.6 Å². The van der Waals surface area contributed by atoms with Crippen LogP contribution in [0, 0.1) is 13.8 Å². The molecule has 0 radical (unpaired) electrons. The summed E-state index contributed by atoms with van der Waals surface area (Å²) in [6.45, 7) is 8.71. The number of aryl methyl sites for hydroxylation is 1. The highest BCUT2D eigenvalue weighted by atomic mass is 16.5. The molecule has 3 heterocycles. The molecule has 1 aliphatic rings. The Balaban J connectivity index is 1.69. The van der Waals surface area contributed by atoms with Gasteiger partial charge in [-0.25, -0.2) is 9.78 Å². The zero-order chi connectivity index (χ0) is 19.6. The maximum Gasteiger partial charge on any atom is 0.339 e. The summed E-state index contributed by atoms with van der Waals surface area (Å²) < 4.78 is 4.83. The topological polar surface area (TPSA) is 78.5 Å². The second-order valence-electron chi connectivity index (χ2n) is 6.87. The summed E-state index contributed by atoms with van der Waals surface area (Å²) in [7, 11) is 1.35. The molecule has 0 aliphatic carbocycles. The van der Waals surface area contributed by atoms with E-state index in [-0.39, 0.29) is 11.8 Å². The number of aromatic amines is 1. The minimum Gasteiger partial charge on any atom is -0.465 e. The molecule has 1 unspecified atom stereocenters. The summed E-state index contributed by atoms with van der Waals surface area (Å²) in [6, 6.07) is 5.63. The number of nitrogens with zero attached hydrogens (tertiary/aromatic N) is 3. The summed E-state index contributed by atoms with van der Waals surface area (Å²) in [6.07, 6.45) is 1.79. The number of carbonyl (C=O) groups is 2. The van der Waals surface area contributed by atoms with Crippen molar-refractivity contribution in [1.29, 1.82) is 0 Å². The molecule has 0 spiro atoms. The van der Waals surface area contributed by atoms with Gasteiger partial charge in [0.05, 0.1) is 24.4 Å². The number of ketones is 1. The third kappa shape index (κ3) is 3.73. The lowest BCUT2D eigenvalue weighted by Crippen LogP contribution is -2.52. The quantitative estimate of drug-likeness (QED) is 0.642. The molecule has 1 atom stereocenters. The van der Waals surface area contributed by atoms with Gasteiger partial charge in [-0.05, 0) is 38.5 Å². The van der Waals surface area contributed by atoms with Crippen LogP contribution in [0.2, 0.25) is 0 Å². The van der Waals surface area contributed by atoms with Gasteiger partial charge in [0.25, 0.3) is 0 Å². The van der Waals surface area contributed by atoms with Crippen molar-refractivity contribution in [3.05, 3.63) is 46.9 Å². The number of carbonyl (C=O) groups excluding carboxylic acids is 2. The van der Waals surface area contributed by atoms with E-state index in [2.05, 4.69) is 19.8 Å². The number of H-pyrrole nitrogens is 1. The largest absolute Gasteiger partial charge is 0.465 e. The fraction of sp³-hybridized carbons (Fsp3) is 0.450. The minimum absolute atomic E-state index is 0.00274. The second-order valence-corrected chi connectivity index (χ2v) is 6.87. The van der Waals surface area contributed by atoms with Gasteiger partial charge >= 0.3 is 5.97 Å². The predicted octanol–water partition coefficient (Wildman–Crippen LogP) is 2.21. The molecule has 2 aromatic heterocycles. The standard InChI is InChI=1S/C20H26N4O3/c1-13-17(20(26)27-4)14(2)22-18(13)19(25)15(3)23-9-11-24(12-10-23)16-7-5-6-8-21-16/h5-8,15,22H,9-12H2,1-4H3.